The van der Waals surface area contributed by atoms with Crippen LogP contribution < -0.4 is 15.6 Å². The highest BCUT2D eigenvalue weighted by atomic mass is 16.5. The molecule has 21 heavy (non-hydrogen) atoms. The number of hydrogen-bond donors (Lipinski definition) is 1. The molecule has 0 bridgehead atoms. The zero-order valence-corrected chi connectivity index (χ0v) is 11.6. The number of methoxy groups -OCH3 is 1. The zero-order valence-electron chi connectivity index (χ0n) is 11.6. The van der Waals surface area contributed by atoms with Crippen molar-refractivity contribution in [2.24, 2.45) is 0 Å². The van der Waals surface area contributed by atoms with Gasteiger partial charge in [-0.15, -0.1) is 0 Å². The monoisotopic (exact) mass is 281 g/mol. The lowest BCUT2D eigenvalue weighted by atomic mass is 10.2. The van der Waals surface area contributed by atoms with E-state index in [1.807, 2.05) is 42.5 Å². The van der Waals surface area contributed by atoms with Gasteiger partial charge in [-0.2, -0.15) is 0 Å². The van der Waals surface area contributed by atoms with E-state index >= 15 is 0 Å². The fraction of sp³-hybridized carbons (Fsp3) is 0.125. The van der Waals surface area contributed by atoms with Gasteiger partial charge in [-0.05, 0) is 36.4 Å². The van der Waals surface area contributed by atoms with E-state index in [4.69, 9.17) is 4.74 Å². The predicted octanol–water partition coefficient (Wildman–Crippen LogP) is 2.47. The molecule has 3 aromatic rings. The van der Waals surface area contributed by atoms with Gasteiger partial charge in [0.2, 0.25) is 0 Å². The molecule has 0 saturated heterocycles. The summed E-state index contributed by atoms with van der Waals surface area (Å²) in [5.74, 6) is 0.796. The molecule has 0 aliphatic carbocycles. The summed E-state index contributed by atoms with van der Waals surface area (Å²) in [7, 11) is 1.63. The highest BCUT2D eigenvalue weighted by Crippen LogP contribution is 2.15. The van der Waals surface area contributed by atoms with E-state index in [-0.39, 0.29) is 5.56 Å². The lowest BCUT2D eigenvalue weighted by Crippen LogP contribution is -2.24. The largest absolute Gasteiger partial charge is 0.497 e. The summed E-state index contributed by atoms with van der Waals surface area (Å²) in [4.78, 5) is 16.6. The van der Waals surface area contributed by atoms with Gasteiger partial charge in [0.15, 0.2) is 0 Å². The van der Waals surface area contributed by atoms with Gasteiger partial charge in [0.05, 0.1) is 31.0 Å². The molecule has 0 aliphatic rings. The van der Waals surface area contributed by atoms with Crippen molar-refractivity contribution < 1.29 is 4.74 Å². The highest BCUT2D eigenvalue weighted by molar-refractivity contribution is 5.76. The first-order valence-corrected chi connectivity index (χ1v) is 6.60. The van der Waals surface area contributed by atoms with Gasteiger partial charge in [-0.3, -0.25) is 9.36 Å². The summed E-state index contributed by atoms with van der Waals surface area (Å²) in [6.07, 6.45) is 1.56. The fourth-order valence-electron chi connectivity index (χ4n) is 2.10. The van der Waals surface area contributed by atoms with Crippen LogP contribution in [0.15, 0.2) is 59.7 Å². The van der Waals surface area contributed by atoms with Crippen molar-refractivity contribution >= 4 is 16.6 Å². The summed E-state index contributed by atoms with van der Waals surface area (Å²) in [6, 6.07) is 14.9. The first kappa shape index (κ1) is 13.2. The number of nitrogens with zero attached hydrogens (tertiary/aromatic N) is 2. The van der Waals surface area contributed by atoms with Crippen molar-refractivity contribution in [3.8, 4) is 5.75 Å². The molecule has 5 heteroatoms. The second kappa shape index (κ2) is 5.66. The molecule has 1 N–H and O–H groups in total. The van der Waals surface area contributed by atoms with Crippen molar-refractivity contribution in [1.29, 1.82) is 0 Å². The van der Waals surface area contributed by atoms with Crippen molar-refractivity contribution in [2.45, 2.75) is 6.67 Å². The molecule has 1 aromatic heterocycles. The van der Waals surface area contributed by atoms with Gasteiger partial charge in [0.1, 0.15) is 5.75 Å². The number of hydrogen-bond acceptors (Lipinski definition) is 4. The van der Waals surface area contributed by atoms with E-state index in [1.165, 1.54) is 0 Å². The minimum absolute atomic E-state index is 0.0541. The zero-order chi connectivity index (χ0) is 14.7. The molecule has 1 heterocycles. The van der Waals surface area contributed by atoms with Gasteiger partial charge in [0.25, 0.3) is 5.56 Å². The van der Waals surface area contributed by atoms with Crippen LogP contribution in [0, 0.1) is 0 Å². The van der Waals surface area contributed by atoms with E-state index in [0.29, 0.717) is 17.6 Å². The summed E-state index contributed by atoms with van der Waals surface area (Å²) in [5, 5.41) is 3.81. The number of ether oxygens (including phenoxy) is 1. The highest BCUT2D eigenvalue weighted by Gasteiger charge is 2.02. The van der Waals surface area contributed by atoms with Crippen molar-refractivity contribution in [2.75, 3.05) is 12.4 Å². The van der Waals surface area contributed by atoms with Crippen LogP contribution in [-0.2, 0) is 6.67 Å². The third kappa shape index (κ3) is 2.72. The van der Waals surface area contributed by atoms with Gasteiger partial charge in [0, 0.05) is 5.69 Å². The molecule has 0 radical (unpaired) electrons. The van der Waals surface area contributed by atoms with Gasteiger partial charge in [-0.25, -0.2) is 4.98 Å². The SMILES string of the molecule is COc1ccc(NCn2cnc3ccccc3c2=O)cc1. The lowest BCUT2D eigenvalue weighted by Gasteiger charge is -2.10. The first-order chi connectivity index (χ1) is 10.3. The van der Waals surface area contributed by atoms with E-state index < -0.39 is 0 Å². The smallest absolute Gasteiger partial charge is 0.262 e. The van der Waals surface area contributed by atoms with Crippen LogP contribution in [0.4, 0.5) is 5.69 Å². The second-order valence-electron chi connectivity index (χ2n) is 4.60. The molecule has 0 aliphatic heterocycles. The molecule has 5 nitrogen and oxygen atoms in total. The molecule has 3 rings (SSSR count). The Bertz CT molecular complexity index is 810. The minimum Gasteiger partial charge on any atom is -0.497 e. The Kier molecular flexibility index (Phi) is 3.55. The number of rotatable bonds is 4. The summed E-state index contributed by atoms with van der Waals surface area (Å²) in [5.41, 5.74) is 1.57. The van der Waals surface area contributed by atoms with Crippen molar-refractivity contribution in [1.82, 2.24) is 9.55 Å². The Balaban J connectivity index is 1.81. The summed E-state index contributed by atoms with van der Waals surface area (Å²) < 4.78 is 6.65. The Morgan fingerprint density at radius 2 is 1.90 bits per heavy atom. The molecule has 0 fully saturated rings. The molecular formula is C16H15N3O2. The van der Waals surface area contributed by atoms with E-state index in [9.17, 15) is 4.79 Å². The molecule has 106 valence electrons. The minimum atomic E-state index is -0.0541. The maximum atomic E-state index is 12.3. The third-order valence-electron chi connectivity index (χ3n) is 3.28. The Morgan fingerprint density at radius 3 is 2.67 bits per heavy atom. The van der Waals surface area contributed by atoms with Crippen molar-refractivity contribution in [3.63, 3.8) is 0 Å². The van der Waals surface area contributed by atoms with E-state index in [1.54, 1.807) is 24.1 Å². The number of aromatic nitrogens is 2. The number of para-hydroxylation sites is 1. The molecule has 2 aromatic carbocycles. The van der Waals surface area contributed by atoms with Crippen LogP contribution in [0.2, 0.25) is 0 Å². The number of benzene rings is 2. The Hall–Kier alpha value is -2.82. The van der Waals surface area contributed by atoms with Gasteiger partial charge >= 0.3 is 0 Å². The van der Waals surface area contributed by atoms with Crippen LogP contribution >= 0.6 is 0 Å². The topological polar surface area (TPSA) is 56.1 Å². The van der Waals surface area contributed by atoms with Crippen LogP contribution in [0.5, 0.6) is 5.75 Å². The number of fused-ring (bicyclic) bond motifs is 1. The second-order valence-corrected chi connectivity index (χ2v) is 4.60. The maximum Gasteiger partial charge on any atom is 0.262 e. The van der Waals surface area contributed by atoms with Gasteiger partial charge in [-0.1, -0.05) is 12.1 Å². The standard InChI is InChI=1S/C16H15N3O2/c1-21-13-8-6-12(7-9-13)17-10-19-11-18-15-5-3-2-4-14(15)16(19)20/h2-9,11,17H,10H2,1H3. The van der Waals surface area contributed by atoms with Crippen LogP contribution in [0.3, 0.4) is 0 Å². The molecule has 0 unspecified atom stereocenters. The average molecular weight is 281 g/mol. The van der Waals surface area contributed by atoms with E-state index in [2.05, 4.69) is 10.3 Å². The summed E-state index contributed by atoms with van der Waals surface area (Å²) in [6.45, 7) is 0.364. The van der Waals surface area contributed by atoms with Crippen molar-refractivity contribution in [3.05, 3.63) is 65.2 Å². The maximum absolute atomic E-state index is 12.3. The fourth-order valence-corrected chi connectivity index (χ4v) is 2.10. The quantitative estimate of drug-likeness (QED) is 0.798. The predicted molar refractivity (Wildman–Crippen MR) is 82.6 cm³/mol. The van der Waals surface area contributed by atoms with Gasteiger partial charge < -0.3 is 10.1 Å². The molecular weight excluding hydrogens is 266 g/mol. The molecule has 0 spiro atoms. The number of nitrogens with one attached hydrogen (secondary N) is 1. The van der Waals surface area contributed by atoms with Crippen LogP contribution in [0.1, 0.15) is 0 Å². The average Bonchev–Trinajstić information content (AvgIpc) is 2.55. The molecule has 0 saturated carbocycles. The summed E-state index contributed by atoms with van der Waals surface area (Å²) >= 11 is 0. The first-order valence-electron chi connectivity index (χ1n) is 6.60. The molecule has 0 atom stereocenters. The van der Waals surface area contributed by atoms with Crippen LogP contribution in [0.25, 0.3) is 10.9 Å². The molecule has 0 amide bonds. The van der Waals surface area contributed by atoms with E-state index in [0.717, 1.165) is 11.4 Å². The third-order valence-corrected chi connectivity index (χ3v) is 3.28. The van der Waals surface area contributed by atoms with Crippen LogP contribution in [-0.4, -0.2) is 16.7 Å². The Labute approximate surface area is 121 Å². The lowest BCUT2D eigenvalue weighted by molar-refractivity contribution is 0.415. The number of anilines is 1. The Morgan fingerprint density at radius 1 is 1.14 bits per heavy atom. The normalized spacial score (nSPS) is 10.5.